The number of aromatic nitrogens is 1. The van der Waals surface area contributed by atoms with E-state index in [0.29, 0.717) is 24.3 Å². The number of fused-ring (bicyclic) bond motifs is 4. The van der Waals surface area contributed by atoms with Crippen molar-refractivity contribution < 1.29 is 14.3 Å². The van der Waals surface area contributed by atoms with Crippen LogP contribution in [0.3, 0.4) is 0 Å². The third-order valence-electron chi connectivity index (χ3n) is 5.52. The predicted octanol–water partition coefficient (Wildman–Crippen LogP) is 4.21. The molecule has 1 amide bonds. The minimum absolute atomic E-state index is 0.0313. The van der Waals surface area contributed by atoms with Crippen molar-refractivity contribution in [2.45, 2.75) is 12.3 Å². The monoisotopic (exact) mass is 370 g/mol. The molecule has 0 saturated carbocycles. The van der Waals surface area contributed by atoms with E-state index in [2.05, 4.69) is 29.2 Å². The highest BCUT2D eigenvalue weighted by Gasteiger charge is 2.32. The van der Waals surface area contributed by atoms with Crippen LogP contribution in [0.4, 0.5) is 10.6 Å². The smallest absolute Gasteiger partial charge is 0.415 e. The lowest BCUT2D eigenvalue weighted by molar-refractivity contribution is 0.112. The SMILES string of the molecule is O=Cc1cnc2c(c1)CCN2C(=O)OCC1c2ccccc2-c2ccccc21. The molecule has 0 unspecified atom stereocenters. The van der Waals surface area contributed by atoms with Crippen LogP contribution in [0.5, 0.6) is 0 Å². The van der Waals surface area contributed by atoms with Crippen molar-refractivity contribution in [2.24, 2.45) is 0 Å². The molecule has 0 atom stereocenters. The Morgan fingerprint density at radius 3 is 2.46 bits per heavy atom. The average molecular weight is 370 g/mol. The number of rotatable bonds is 3. The summed E-state index contributed by atoms with van der Waals surface area (Å²) < 4.78 is 5.71. The molecule has 0 N–H and O–H groups in total. The summed E-state index contributed by atoms with van der Waals surface area (Å²) in [7, 11) is 0. The molecule has 0 saturated heterocycles. The molecule has 5 rings (SSSR count). The third-order valence-corrected chi connectivity index (χ3v) is 5.52. The van der Waals surface area contributed by atoms with Gasteiger partial charge in [-0.1, -0.05) is 48.5 Å². The second-order valence-corrected chi connectivity index (χ2v) is 7.07. The zero-order chi connectivity index (χ0) is 19.1. The van der Waals surface area contributed by atoms with E-state index in [9.17, 15) is 9.59 Å². The van der Waals surface area contributed by atoms with Gasteiger partial charge in [-0.25, -0.2) is 9.78 Å². The van der Waals surface area contributed by atoms with Crippen molar-refractivity contribution in [2.75, 3.05) is 18.1 Å². The Morgan fingerprint density at radius 2 is 1.79 bits per heavy atom. The second kappa shape index (κ2) is 6.60. The molecule has 2 heterocycles. The number of amides is 1. The first-order chi connectivity index (χ1) is 13.8. The highest BCUT2D eigenvalue weighted by Crippen LogP contribution is 2.44. The standard InChI is InChI=1S/C23H18N2O3/c26-13-15-11-16-9-10-25(22(16)24-12-15)23(27)28-14-21-19-7-3-1-5-17(19)18-6-2-4-8-20(18)21/h1-8,11-13,21H,9-10,14H2. The number of hydrogen-bond acceptors (Lipinski definition) is 4. The number of ether oxygens (including phenoxy) is 1. The Balaban J connectivity index is 1.37. The van der Waals surface area contributed by atoms with Crippen LogP contribution >= 0.6 is 0 Å². The largest absolute Gasteiger partial charge is 0.448 e. The van der Waals surface area contributed by atoms with Gasteiger partial charge in [-0.05, 0) is 40.3 Å². The van der Waals surface area contributed by atoms with E-state index in [1.54, 1.807) is 11.0 Å². The van der Waals surface area contributed by atoms with Gasteiger partial charge in [0.25, 0.3) is 0 Å². The zero-order valence-corrected chi connectivity index (χ0v) is 15.2. The van der Waals surface area contributed by atoms with Crippen molar-refractivity contribution >= 4 is 18.2 Å². The van der Waals surface area contributed by atoms with Crippen LogP contribution in [0.15, 0.2) is 60.8 Å². The third kappa shape index (κ3) is 2.59. The molecule has 3 aromatic rings. The van der Waals surface area contributed by atoms with Gasteiger partial charge in [-0.15, -0.1) is 0 Å². The molecular weight excluding hydrogens is 352 g/mol. The lowest BCUT2D eigenvalue weighted by Crippen LogP contribution is -2.31. The molecule has 138 valence electrons. The maximum Gasteiger partial charge on any atom is 0.415 e. The van der Waals surface area contributed by atoms with Crippen LogP contribution in [0.1, 0.15) is 33.0 Å². The molecule has 5 heteroatoms. The molecule has 2 aliphatic rings. The fourth-order valence-corrected chi connectivity index (χ4v) is 4.20. The van der Waals surface area contributed by atoms with Gasteiger partial charge in [0.15, 0.2) is 6.29 Å². The lowest BCUT2D eigenvalue weighted by Gasteiger charge is -2.19. The van der Waals surface area contributed by atoms with Gasteiger partial charge in [0.1, 0.15) is 12.4 Å². The highest BCUT2D eigenvalue weighted by atomic mass is 16.6. The minimum Gasteiger partial charge on any atom is -0.448 e. The Bertz CT molecular complexity index is 1050. The molecule has 28 heavy (non-hydrogen) atoms. The number of anilines is 1. The van der Waals surface area contributed by atoms with E-state index in [1.807, 2.05) is 24.3 Å². The zero-order valence-electron chi connectivity index (χ0n) is 15.2. The van der Waals surface area contributed by atoms with Crippen LogP contribution in [0.25, 0.3) is 11.1 Å². The van der Waals surface area contributed by atoms with E-state index < -0.39 is 6.09 Å². The van der Waals surface area contributed by atoms with Crippen molar-refractivity contribution in [3.05, 3.63) is 83.0 Å². The quantitative estimate of drug-likeness (QED) is 0.648. The first kappa shape index (κ1) is 16.7. The van der Waals surface area contributed by atoms with Gasteiger partial charge in [0, 0.05) is 24.2 Å². The minimum atomic E-state index is -0.396. The van der Waals surface area contributed by atoms with Gasteiger partial charge in [0.2, 0.25) is 0 Å². The molecule has 0 spiro atoms. The molecule has 5 nitrogen and oxygen atoms in total. The average Bonchev–Trinajstić information content (AvgIpc) is 3.31. The van der Waals surface area contributed by atoms with Gasteiger partial charge in [-0.2, -0.15) is 0 Å². The van der Waals surface area contributed by atoms with Crippen molar-refractivity contribution in [3.8, 4) is 11.1 Å². The first-order valence-electron chi connectivity index (χ1n) is 9.33. The summed E-state index contributed by atoms with van der Waals surface area (Å²) in [6.07, 6.45) is 2.53. The maximum atomic E-state index is 12.7. The van der Waals surface area contributed by atoms with Crippen LogP contribution in [-0.4, -0.2) is 30.5 Å². The predicted molar refractivity (Wildman–Crippen MR) is 106 cm³/mol. The number of nitrogens with zero attached hydrogens (tertiary/aromatic N) is 2. The molecule has 0 fully saturated rings. The fourth-order valence-electron chi connectivity index (χ4n) is 4.20. The summed E-state index contributed by atoms with van der Waals surface area (Å²) in [4.78, 5) is 29.5. The van der Waals surface area contributed by atoms with Gasteiger partial charge in [0.05, 0.1) is 0 Å². The Labute approximate surface area is 162 Å². The van der Waals surface area contributed by atoms with E-state index >= 15 is 0 Å². The van der Waals surface area contributed by atoms with Crippen LogP contribution < -0.4 is 4.90 Å². The number of aldehydes is 1. The molecule has 1 aromatic heterocycles. The fraction of sp³-hybridized carbons (Fsp3) is 0.174. The lowest BCUT2D eigenvalue weighted by atomic mass is 9.98. The van der Waals surface area contributed by atoms with Gasteiger partial charge in [-0.3, -0.25) is 9.69 Å². The maximum absolute atomic E-state index is 12.7. The van der Waals surface area contributed by atoms with Crippen molar-refractivity contribution in [1.82, 2.24) is 4.98 Å². The van der Waals surface area contributed by atoms with Gasteiger partial charge >= 0.3 is 6.09 Å². The summed E-state index contributed by atoms with van der Waals surface area (Å²) in [5.41, 5.74) is 6.20. The molecule has 1 aliphatic carbocycles. The van der Waals surface area contributed by atoms with Crippen LogP contribution in [-0.2, 0) is 11.2 Å². The van der Waals surface area contributed by atoms with E-state index in [0.717, 1.165) is 11.8 Å². The first-order valence-corrected chi connectivity index (χ1v) is 9.33. The summed E-state index contributed by atoms with van der Waals surface area (Å²) in [6, 6.07) is 18.3. The van der Waals surface area contributed by atoms with E-state index in [4.69, 9.17) is 4.74 Å². The number of pyridine rings is 1. The Morgan fingerprint density at radius 1 is 1.11 bits per heavy atom. The Kier molecular flexibility index (Phi) is 3.93. The summed E-state index contributed by atoms with van der Waals surface area (Å²) in [6.45, 7) is 0.798. The van der Waals surface area contributed by atoms with E-state index in [-0.39, 0.29) is 12.5 Å². The summed E-state index contributed by atoms with van der Waals surface area (Å²) in [5.74, 6) is 0.617. The van der Waals surface area contributed by atoms with E-state index in [1.165, 1.54) is 28.5 Å². The molecule has 0 radical (unpaired) electrons. The topological polar surface area (TPSA) is 59.5 Å². The molecule has 2 aromatic carbocycles. The second-order valence-electron chi connectivity index (χ2n) is 7.07. The normalized spacial score (nSPS) is 14.4. The molecule has 1 aliphatic heterocycles. The number of hydrogen-bond donors (Lipinski definition) is 0. The number of carbonyl (C=O) groups is 2. The Hall–Kier alpha value is -3.47. The van der Waals surface area contributed by atoms with Gasteiger partial charge < -0.3 is 4.74 Å². The number of benzene rings is 2. The van der Waals surface area contributed by atoms with Crippen molar-refractivity contribution in [1.29, 1.82) is 0 Å². The molecule has 0 bridgehead atoms. The number of carbonyl (C=O) groups excluding carboxylic acids is 2. The highest BCUT2D eigenvalue weighted by molar-refractivity contribution is 5.90. The van der Waals surface area contributed by atoms with Crippen LogP contribution in [0, 0.1) is 0 Å². The molecular formula is C23H18N2O3. The van der Waals surface area contributed by atoms with Crippen molar-refractivity contribution in [3.63, 3.8) is 0 Å². The summed E-state index contributed by atoms with van der Waals surface area (Å²) in [5, 5.41) is 0. The van der Waals surface area contributed by atoms with Crippen LogP contribution in [0.2, 0.25) is 0 Å². The summed E-state index contributed by atoms with van der Waals surface area (Å²) >= 11 is 0.